The lowest BCUT2D eigenvalue weighted by molar-refractivity contribution is 0.188. The third-order valence-electron chi connectivity index (χ3n) is 20.9. The van der Waals surface area contributed by atoms with Gasteiger partial charge in [-0.15, -0.1) is 11.3 Å². The van der Waals surface area contributed by atoms with Crippen LogP contribution < -0.4 is 25.5 Å². The average molecular weight is 993 g/mol. The molecular formula is C70H81BN2S. The van der Waals surface area contributed by atoms with Crippen LogP contribution in [0.3, 0.4) is 0 Å². The Morgan fingerprint density at radius 1 is 0.473 bits per heavy atom. The first-order valence-corrected chi connectivity index (χ1v) is 29.4. The van der Waals surface area contributed by atoms with E-state index in [4.69, 9.17) is 0 Å². The SMILES string of the molecule is Cc1cc(C)c(-c2cc3c4c(c2)N(c2ccc5c(c2)C(C)(C)CCC5(C)C)c2c(sc5cc6c(cc25)C2(C)CCC6(C)CC2)B4c2ccc(C(C)(C)C)cc2N3c2cc3c(cc2C)C(C)(C)CCC3(C)C)c(C)c1. The molecule has 0 radical (unpaired) electrons. The zero-order chi connectivity index (χ0) is 52.4. The maximum atomic E-state index is 2.80. The summed E-state index contributed by atoms with van der Waals surface area (Å²) in [7, 11) is 0. The molecule has 6 aromatic carbocycles. The number of benzene rings is 6. The van der Waals surface area contributed by atoms with Gasteiger partial charge < -0.3 is 9.80 Å². The predicted molar refractivity (Wildman–Crippen MR) is 323 cm³/mol. The zero-order valence-corrected chi connectivity index (χ0v) is 48.9. The van der Waals surface area contributed by atoms with E-state index in [1.807, 2.05) is 0 Å². The van der Waals surface area contributed by atoms with Gasteiger partial charge in [0, 0.05) is 43.3 Å². The van der Waals surface area contributed by atoms with Crippen molar-refractivity contribution < 1.29 is 0 Å². The molecule has 2 aliphatic heterocycles. The molecule has 0 atom stereocenters. The lowest BCUT2D eigenvalue weighted by Crippen LogP contribution is -2.60. The first-order chi connectivity index (χ1) is 34.6. The first-order valence-electron chi connectivity index (χ1n) is 28.5. The highest BCUT2D eigenvalue weighted by atomic mass is 32.1. The molecule has 2 nitrogen and oxygen atoms in total. The van der Waals surface area contributed by atoms with Crippen LogP contribution in [-0.4, -0.2) is 6.71 Å². The molecule has 380 valence electrons. The van der Waals surface area contributed by atoms with Crippen LogP contribution in [0.2, 0.25) is 0 Å². The highest BCUT2D eigenvalue weighted by Crippen LogP contribution is 2.60. The minimum atomic E-state index is -0.0351. The highest BCUT2D eigenvalue weighted by Gasteiger charge is 2.51. The Morgan fingerprint density at radius 3 is 1.61 bits per heavy atom. The second-order valence-corrected chi connectivity index (χ2v) is 30.2. The van der Waals surface area contributed by atoms with Gasteiger partial charge in [0.2, 0.25) is 0 Å². The van der Waals surface area contributed by atoms with Crippen LogP contribution in [0.25, 0.3) is 21.2 Å². The second kappa shape index (κ2) is 15.3. The van der Waals surface area contributed by atoms with Gasteiger partial charge >= 0.3 is 0 Å². The Bertz CT molecular complexity index is 3570. The van der Waals surface area contributed by atoms with Gasteiger partial charge in [-0.25, -0.2) is 0 Å². The fraction of sp³-hybridized carbons (Fsp3) is 0.457. The van der Waals surface area contributed by atoms with Crippen molar-refractivity contribution in [3.05, 3.63) is 146 Å². The maximum absolute atomic E-state index is 2.80. The van der Waals surface area contributed by atoms with E-state index in [1.54, 1.807) is 11.1 Å². The molecule has 1 saturated carbocycles. The lowest BCUT2D eigenvalue weighted by Gasteiger charge is -2.52. The quantitative estimate of drug-likeness (QED) is 0.163. The van der Waals surface area contributed by atoms with Crippen LogP contribution in [0.1, 0.15) is 203 Å². The van der Waals surface area contributed by atoms with Crippen LogP contribution in [0.5, 0.6) is 0 Å². The summed E-state index contributed by atoms with van der Waals surface area (Å²) in [6, 6.07) is 36.1. The van der Waals surface area contributed by atoms with Gasteiger partial charge in [0.15, 0.2) is 0 Å². The monoisotopic (exact) mass is 993 g/mol. The number of rotatable bonds is 3. The molecular weight excluding hydrogens is 912 g/mol. The molecule has 0 amide bonds. The first kappa shape index (κ1) is 48.6. The van der Waals surface area contributed by atoms with Crippen LogP contribution in [0, 0.1) is 27.7 Å². The van der Waals surface area contributed by atoms with Crippen LogP contribution in [-0.2, 0) is 37.9 Å². The molecule has 1 aromatic heterocycles. The Balaban J connectivity index is 1.20. The average Bonchev–Trinajstić information content (AvgIpc) is 3.70. The van der Waals surface area contributed by atoms with Crippen LogP contribution in [0.15, 0.2) is 84.9 Å². The Morgan fingerprint density at radius 2 is 1.01 bits per heavy atom. The molecule has 14 rings (SSSR count). The molecule has 7 aromatic rings. The largest absolute Gasteiger partial charge is 0.311 e. The van der Waals surface area contributed by atoms with Gasteiger partial charge in [0.05, 0.1) is 5.69 Å². The molecule has 4 heteroatoms. The summed E-state index contributed by atoms with van der Waals surface area (Å²) >= 11 is 2.10. The van der Waals surface area contributed by atoms with E-state index in [2.05, 4.69) is 224 Å². The topological polar surface area (TPSA) is 6.48 Å². The normalized spacial score (nSPS) is 23.2. The second-order valence-electron chi connectivity index (χ2n) is 29.1. The molecule has 74 heavy (non-hydrogen) atoms. The number of hydrogen-bond acceptors (Lipinski definition) is 3. The molecule has 0 unspecified atom stereocenters. The number of hydrogen-bond donors (Lipinski definition) is 0. The van der Waals surface area contributed by atoms with Gasteiger partial charge in [-0.1, -0.05) is 132 Å². The number of aryl methyl sites for hydroxylation is 4. The summed E-state index contributed by atoms with van der Waals surface area (Å²) in [4.78, 5) is 5.57. The van der Waals surface area contributed by atoms with Crippen molar-refractivity contribution in [3.8, 4) is 11.1 Å². The van der Waals surface area contributed by atoms with Crippen molar-refractivity contribution in [3.63, 3.8) is 0 Å². The summed E-state index contributed by atoms with van der Waals surface area (Å²) in [5.74, 6) is 0. The van der Waals surface area contributed by atoms with E-state index in [9.17, 15) is 0 Å². The number of anilines is 6. The molecule has 0 N–H and O–H groups in total. The molecule has 0 saturated heterocycles. The van der Waals surface area contributed by atoms with Crippen molar-refractivity contribution in [2.24, 2.45) is 0 Å². The van der Waals surface area contributed by atoms with Crippen LogP contribution >= 0.6 is 11.3 Å². The van der Waals surface area contributed by atoms with Crippen molar-refractivity contribution in [2.45, 2.75) is 207 Å². The maximum Gasteiger partial charge on any atom is 0.264 e. The highest BCUT2D eigenvalue weighted by molar-refractivity contribution is 7.33. The molecule has 0 spiro atoms. The molecule has 1 fully saturated rings. The minimum absolute atomic E-state index is 0.0351. The third-order valence-corrected chi connectivity index (χ3v) is 22.1. The van der Waals surface area contributed by atoms with E-state index >= 15 is 0 Å². The van der Waals surface area contributed by atoms with E-state index < -0.39 is 0 Å². The summed E-state index contributed by atoms with van der Waals surface area (Å²) in [5, 5.41) is 1.43. The molecule has 5 aliphatic carbocycles. The summed E-state index contributed by atoms with van der Waals surface area (Å²) in [6.07, 6.45) is 9.89. The fourth-order valence-corrected chi connectivity index (χ4v) is 17.2. The predicted octanol–water partition coefficient (Wildman–Crippen LogP) is 18.0. The minimum Gasteiger partial charge on any atom is -0.311 e. The van der Waals surface area contributed by atoms with E-state index in [-0.39, 0.29) is 44.6 Å². The molecule has 2 bridgehead atoms. The fourth-order valence-electron chi connectivity index (χ4n) is 15.9. The lowest BCUT2D eigenvalue weighted by atomic mass is 9.36. The smallest absolute Gasteiger partial charge is 0.264 e. The van der Waals surface area contributed by atoms with E-state index in [0.717, 1.165) is 0 Å². The summed E-state index contributed by atoms with van der Waals surface area (Å²) in [6.45, 7) is 41.6. The van der Waals surface area contributed by atoms with Crippen molar-refractivity contribution in [1.82, 2.24) is 0 Å². The molecule has 3 heterocycles. The van der Waals surface area contributed by atoms with Gasteiger partial charge in [0.25, 0.3) is 6.71 Å². The third kappa shape index (κ3) is 6.80. The van der Waals surface area contributed by atoms with E-state index in [0.29, 0.717) is 0 Å². The van der Waals surface area contributed by atoms with Gasteiger partial charge in [-0.05, 0) is 243 Å². The van der Waals surface area contributed by atoms with Crippen molar-refractivity contribution >= 4 is 78.0 Å². The van der Waals surface area contributed by atoms with Crippen molar-refractivity contribution in [2.75, 3.05) is 9.80 Å². The summed E-state index contributed by atoms with van der Waals surface area (Å²) in [5.41, 5.74) is 30.2. The Kier molecular flexibility index (Phi) is 10.1. The molecule has 7 aliphatic rings. The van der Waals surface area contributed by atoms with Gasteiger partial charge in [-0.3, -0.25) is 0 Å². The zero-order valence-electron chi connectivity index (χ0n) is 48.1. The van der Waals surface area contributed by atoms with Gasteiger partial charge in [0.1, 0.15) is 0 Å². The van der Waals surface area contributed by atoms with E-state index in [1.165, 1.54) is 172 Å². The Labute approximate surface area is 449 Å². The Hall–Kier alpha value is -5.06. The van der Waals surface area contributed by atoms with Crippen molar-refractivity contribution in [1.29, 1.82) is 0 Å². The number of thiophene rings is 1. The summed E-state index contributed by atoms with van der Waals surface area (Å²) < 4.78 is 2.93. The number of fused-ring (bicyclic) bond motifs is 10. The van der Waals surface area contributed by atoms with Gasteiger partial charge in [-0.2, -0.15) is 0 Å². The van der Waals surface area contributed by atoms with Crippen LogP contribution in [0.4, 0.5) is 34.1 Å². The standard InChI is InChI=1S/C70H81BN2S/c1-40-30-42(3)60(43(4)31-40)44-33-57-61-58(34-44)73(55-38-51-49(32-41(55)2)66(10,11)24-25-68(51,14)15)56-35-45(64(5,6)7)18-21-54(56)71(61)63-62(72(57)46-19-20-48-50(36-46)67(12,13)23-22-65(48,8)9)47-37-52-53(39-59(47)74-63)70(17)28-26-69(52,16)27-29-70/h18-21,30-39H,22-29H2,1-17H3. The number of nitrogens with zero attached hydrogens (tertiary/aromatic N) is 2.